The van der Waals surface area contributed by atoms with E-state index in [1.165, 1.54) is 0 Å². The van der Waals surface area contributed by atoms with E-state index < -0.39 is 0 Å². The topological polar surface area (TPSA) is 82.7 Å². The highest BCUT2D eigenvalue weighted by molar-refractivity contribution is 5.96. The quantitative estimate of drug-likeness (QED) is 0.789. The molecule has 2 aromatic rings. The van der Waals surface area contributed by atoms with Crippen LogP contribution in [0.5, 0.6) is 0 Å². The molecule has 2 aliphatic rings. The number of benzene rings is 1. The summed E-state index contributed by atoms with van der Waals surface area (Å²) in [4.78, 5) is 12.3. The molecule has 1 aromatic carbocycles. The minimum atomic E-state index is 0. The van der Waals surface area contributed by atoms with Gasteiger partial charge in [-0.05, 0) is 56.0 Å². The number of piperidine rings is 1. The van der Waals surface area contributed by atoms with Crippen LogP contribution in [0.1, 0.15) is 19.3 Å². The molecule has 1 aromatic heterocycles. The number of H-pyrrole nitrogens is 1. The van der Waals surface area contributed by atoms with Gasteiger partial charge in [-0.25, -0.2) is 0 Å². The zero-order valence-electron chi connectivity index (χ0n) is 11.6. The molecule has 1 atom stereocenters. The monoisotopic (exact) mass is 307 g/mol. The van der Waals surface area contributed by atoms with Crippen molar-refractivity contribution < 1.29 is 4.79 Å². The molecule has 1 amide bonds. The van der Waals surface area contributed by atoms with Crippen LogP contribution in [0, 0.1) is 11.3 Å². The van der Waals surface area contributed by atoms with E-state index in [0.29, 0.717) is 0 Å². The molecule has 1 aliphatic carbocycles. The van der Waals surface area contributed by atoms with Crippen molar-refractivity contribution in [3.63, 3.8) is 0 Å². The van der Waals surface area contributed by atoms with E-state index >= 15 is 0 Å². The zero-order valence-corrected chi connectivity index (χ0v) is 12.4. The highest BCUT2D eigenvalue weighted by atomic mass is 35.5. The molecule has 1 spiro atoms. The number of nitrogens with zero attached hydrogens (tertiary/aromatic N) is 2. The zero-order chi connectivity index (χ0) is 13.6. The fourth-order valence-electron chi connectivity index (χ4n) is 3.34. The smallest absolute Gasteiger partial charge is 0.228 e. The van der Waals surface area contributed by atoms with Gasteiger partial charge in [0.1, 0.15) is 11.0 Å². The van der Waals surface area contributed by atoms with Gasteiger partial charge in [-0.15, -0.1) is 12.4 Å². The number of aromatic nitrogens is 3. The highest BCUT2D eigenvalue weighted by Crippen LogP contribution is 2.58. The van der Waals surface area contributed by atoms with Crippen LogP contribution in [0.4, 0.5) is 5.69 Å². The summed E-state index contributed by atoms with van der Waals surface area (Å²) < 4.78 is 0. The van der Waals surface area contributed by atoms with Crippen molar-refractivity contribution in [2.24, 2.45) is 11.3 Å². The van der Waals surface area contributed by atoms with E-state index in [1.54, 1.807) is 0 Å². The SMILES string of the molecule is Cl.O=C(Nc1ccc2n[nH]nc2c1)C1CC12CCNCC2. The van der Waals surface area contributed by atoms with Crippen LogP contribution in [0.15, 0.2) is 18.2 Å². The second kappa shape index (κ2) is 5.27. The minimum absolute atomic E-state index is 0. The first-order valence-electron chi connectivity index (χ1n) is 7.09. The van der Waals surface area contributed by atoms with E-state index in [-0.39, 0.29) is 29.6 Å². The summed E-state index contributed by atoms with van der Waals surface area (Å²) in [7, 11) is 0. The molecule has 1 saturated carbocycles. The predicted octanol–water partition coefficient (Wildman–Crippen LogP) is 1.71. The van der Waals surface area contributed by atoms with E-state index in [1.807, 2.05) is 18.2 Å². The van der Waals surface area contributed by atoms with Crippen molar-refractivity contribution in [3.8, 4) is 0 Å². The molecule has 21 heavy (non-hydrogen) atoms. The highest BCUT2D eigenvalue weighted by Gasteiger charge is 2.57. The molecule has 1 saturated heterocycles. The Bertz CT molecular complexity index is 664. The van der Waals surface area contributed by atoms with Gasteiger partial charge in [-0.1, -0.05) is 0 Å². The molecule has 0 bridgehead atoms. The Morgan fingerprint density at radius 3 is 2.81 bits per heavy atom. The number of hydrogen-bond acceptors (Lipinski definition) is 4. The van der Waals surface area contributed by atoms with Gasteiger partial charge in [-0.3, -0.25) is 4.79 Å². The van der Waals surface area contributed by atoms with Crippen LogP contribution in [0.2, 0.25) is 0 Å². The lowest BCUT2D eigenvalue weighted by atomic mass is 9.92. The third kappa shape index (κ3) is 2.49. The number of amides is 1. The van der Waals surface area contributed by atoms with Crippen LogP contribution in [0.25, 0.3) is 11.0 Å². The minimum Gasteiger partial charge on any atom is -0.326 e. The van der Waals surface area contributed by atoms with Crippen molar-refractivity contribution in [1.82, 2.24) is 20.7 Å². The molecule has 2 heterocycles. The molecular weight excluding hydrogens is 290 g/mol. The Morgan fingerprint density at radius 1 is 1.24 bits per heavy atom. The van der Waals surface area contributed by atoms with Gasteiger partial charge in [0.15, 0.2) is 0 Å². The number of carbonyl (C=O) groups excluding carboxylic acids is 1. The van der Waals surface area contributed by atoms with Gasteiger partial charge in [0.25, 0.3) is 0 Å². The van der Waals surface area contributed by atoms with Crippen molar-refractivity contribution in [1.29, 1.82) is 0 Å². The summed E-state index contributed by atoms with van der Waals surface area (Å²) >= 11 is 0. The number of fused-ring (bicyclic) bond motifs is 1. The Labute approximate surface area is 128 Å². The fraction of sp³-hybridized carbons (Fsp3) is 0.500. The first kappa shape index (κ1) is 14.3. The average molecular weight is 308 g/mol. The molecule has 1 aliphatic heterocycles. The fourth-order valence-corrected chi connectivity index (χ4v) is 3.34. The Morgan fingerprint density at radius 2 is 2.00 bits per heavy atom. The Hall–Kier alpha value is -1.66. The van der Waals surface area contributed by atoms with Gasteiger partial charge >= 0.3 is 0 Å². The molecule has 6 nitrogen and oxygen atoms in total. The van der Waals surface area contributed by atoms with Crippen molar-refractivity contribution in [2.45, 2.75) is 19.3 Å². The maximum atomic E-state index is 12.3. The second-order valence-corrected chi connectivity index (χ2v) is 5.89. The number of aromatic amines is 1. The van der Waals surface area contributed by atoms with Crippen LogP contribution in [-0.2, 0) is 4.79 Å². The van der Waals surface area contributed by atoms with E-state index in [0.717, 1.165) is 49.1 Å². The second-order valence-electron chi connectivity index (χ2n) is 5.89. The predicted molar refractivity (Wildman–Crippen MR) is 82.4 cm³/mol. The summed E-state index contributed by atoms with van der Waals surface area (Å²) in [5.74, 6) is 0.326. The van der Waals surface area contributed by atoms with E-state index in [2.05, 4.69) is 26.0 Å². The average Bonchev–Trinajstić information content (AvgIpc) is 2.96. The normalized spacial score (nSPS) is 22.8. The first-order valence-corrected chi connectivity index (χ1v) is 7.09. The van der Waals surface area contributed by atoms with E-state index in [9.17, 15) is 4.79 Å². The lowest BCUT2D eigenvalue weighted by Gasteiger charge is -2.23. The molecule has 4 rings (SSSR count). The first-order chi connectivity index (χ1) is 9.77. The number of carbonyl (C=O) groups is 1. The third-order valence-corrected chi connectivity index (χ3v) is 4.69. The maximum absolute atomic E-state index is 12.3. The summed E-state index contributed by atoms with van der Waals surface area (Å²) in [5, 5.41) is 17.0. The van der Waals surface area contributed by atoms with Crippen molar-refractivity contribution >= 4 is 35.0 Å². The van der Waals surface area contributed by atoms with Crippen molar-refractivity contribution in [2.75, 3.05) is 18.4 Å². The standard InChI is InChI=1S/C14H17N5O.ClH/c20-13(10-8-14(10)3-5-15-6-4-14)16-9-1-2-11-12(7-9)18-19-17-11;/h1-2,7,10,15H,3-6,8H2,(H,16,20)(H,17,18,19);1H. The van der Waals surface area contributed by atoms with Crippen LogP contribution in [0.3, 0.4) is 0 Å². The Kier molecular flexibility index (Phi) is 3.59. The van der Waals surface area contributed by atoms with Crippen LogP contribution >= 0.6 is 12.4 Å². The molecular formula is C14H18ClN5O. The third-order valence-electron chi connectivity index (χ3n) is 4.69. The van der Waals surface area contributed by atoms with Gasteiger partial charge in [0, 0.05) is 11.6 Å². The molecule has 1 unspecified atom stereocenters. The van der Waals surface area contributed by atoms with Crippen molar-refractivity contribution in [3.05, 3.63) is 18.2 Å². The molecule has 0 radical (unpaired) electrons. The number of halogens is 1. The molecule has 112 valence electrons. The number of nitrogens with one attached hydrogen (secondary N) is 3. The van der Waals surface area contributed by atoms with Crippen LogP contribution < -0.4 is 10.6 Å². The van der Waals surface area contributed by atoms with Gasteiger partial charge in [0.2, 0.25) is 5.91 Å². The molecule has 7 heteroatoms. The van der Waals surface area contributed by atoms with Gasteiger partial charge < -0.3 is 10.6 Å². The van der Waals surface area contributed by atoms with Gasteiger partial charge in [0.05, 0.1) is 0 Å². The van der Waals surface area contributed by atoms with Gasteiger partial charge in [-0.2, -0.15) is 15.4 Å². The lowest BCUT2D eigenvalue weighted by Crippen LogP contribution is -2.31. The van der Waals surface area contributed by atoms with Crippen LogP contribution in [-0.4, -0.2) is 34.4 Å². The largest absolute Gasteiger partial charge is 0.326 e. The number of rotatable bonds is 2. The summed E-state index contributed by atoms with van der Waals surface area (Å²) in [5.41, 5.74) is 2.65. The maximum Gasteiger partial charge on any atom is 0.228 e. The molecule has 2 fully saturated rings. The number of anilines is 1. The number of hydrogen-bond donors (Lipinski definition) is 3. The summed E-state index contributed by atoms with van der Waals surface area (Å²) in [6.07, 6.45) is 3.27. The lowest BCUT2D eigenvalue weighted by molar-refractivity contribution is -0.118. The Balaban J connectivity index is 0.00000132. The summed E-state index contributed by atoms with van der Waals surface area (Å²) in [6.45, 7) is 2.07. The summed E-state index contributed by atoms with van der Waals surface area (Å²) in [6, 6.07) is 5.59. The van der Waals surface area contributed by atoms with E-state index in [4.69, 9.17) is 0 Å². The molecule has 3 N–H and O–H groups in total.